The zero-order chi connectivity index (χ0) is 22.6. The second-order valence-corrected chi connectivity index (χ2v) is 7.44. The second kappa shape index (κ2) is 13.1. The maximum atomic E-state index is 11.4. The van der Waals surface area contributed by atoms with Crippen molar-refractivity contribution in [3.05, 3.63) is 53.6 Å². The number of aromatic hydroxyl groups is 2. The number of carboxylic acids is 1. The molecule has 0 saturated heterocycles. The average molecular weight is 452 g/mol. The molecular weight excluding hydrogens is 422 g/mol. The van der Waals surface area contributed by atoms with Gasteiger partial charge in [0, 0.05) is 12.3 Å². The van der Waals surface area contributed by atoms with E-state index in [1.807, 2.05) is 16.6 Å². The lowest BCUT2D eigenvalue weighted by Crippen LogP contribution is -2.21. The van der Waals surface area contributed by atoms with Crippen molar-refractivity contribution in [2.75, 3.05) is 50.1 Å². The van der Waals surface area contributed by atoms with Gasteiger partial charge >= 0.3 is 5.97 Å². The summed E-state index contributed by atoms with van der Waals surface area (Å²) in [5.74, 6) is -0.815. The van der Waals surface area contributed by atoms with Gasteiger partial charge in [0.15, 0.2) is 6.10 Å². The number of benzene rings is 2. The highest BCUT2D eigenvalue weighted by Crippen LogP contribution is 2.36. The molecule has 31 heavy (non-hydrogen) atoms. The summed E-state index contributed by atoms with van der Waals surface area (Å²) < 4.78 is 18.2. The molecule has 0 bridgehead atoms. The normalized spacial score (nSPS) is 11.9. The molecule has 0 heterocycles. The van der Waals surface area contributed by atoms with Crippen molar-refractivity contribution in [1.82, 2.24) is 0 Å². The Bertz CT molecular complexity index is 819. The van der Waals surface area contributed by atoms with Gasteiger partial charge in [-0.1, -0.05) is 42.3 Å². The molecule has 0 radical (unpaired) electrons. The summed E-state index contributed by atoms with van der Waals surface area (Å²) in [7, 11) is 0. The van der Waals surface area contributed by atoms with Crippen molar-refractivity contribution < 1.29 is 34.3 Å². The number of anilines is 1. The smallest absolute Gasteiger partial charge is 0.337 e. The molecule has 3 N–H and O–H groups in total. The van der Waals surface area contributed by atoms with Crippen LogP contribution in [0, 0.1) is 6.92 Å². The minimum Gasteiger partial charge on any atom is -0.508 e. The number of aliphatic carboxylic acids is 1. The van der Waals surface area contributed by atoms with Crippen LogP contribution < -0.4 is 4.31 Å². The molecule has 0 fully saturated rings. The Balaban J connectivity index is 1.62. The molecule has 170 valence electrons. The van der Waals surface area contributed by atoms with Gasteiger partial charge in [0.05, 0.1) is 45.3 Å². The maximum Gasteiger partial charge on any atom is 0.337 e. The first-order valence-electron chi connectivity index (χ1n) is 9.83. The number of phenolic OH excluding ortho intramolecular Hbond substituents is 2. The van der Waals surface area contributed by atoms with E-state index in [1.54, 1.807) is 31.2 Å². The Labute approximate surface area is 186 Å². The molecule has 2 aromatic rings. The summed E-state index contributed by atoms with van der Waals surface area (Å²) in [4.78, 5) is 11.4. The van der Waals surface area contributed by atoms with Gasteiger partial charge in [0.2, 0.25) is 0 Å². The Hall–Kier alpha value is -2.46. The summed E-state index contributed by atoms with van der Waals surface area (Å²) >= 11 is 1.42. The highest BCUT2D eigenvalue weighted by Gasteiger charge is 2.19. The summed E-state index contributed by atoms with van der Waals surface area (Å²) in [6.07, 6.45) is 0.857. The number of carboxylic acid groups (broad SMARTS) is 1. The molecule has 0 saturated carbocycles. The predicted octanol–water partition coefficient (Wildman–Crippen LogP) is 3.37. The van der Waals surface area contributed by atoms with Gasteiger partial charge in [-0.15, -0.1) is 0 Å². The molecule has 0 aliphatic heterocycles. The van der Waals surface area contributed by atoms with E-state index in [0.29, 0.717) is 43.2 Å². The van der Waals surface area contributed by atoms with Crippen LogP contribution in [-0.4, -0.2) is 67.1 Å². The molecule has 1 unspecified atom stereocenters. The number of rotatable bonds is 14. The van der Waals surface area contributed by atoms with Gasteiger partial charge in [-0.25, -0.2) is 4.79 Å². The van der Waals surface area contributed by atoms with E-state index in [4.69, 9.17) is 14.2 Å². The van der Waals surface area contributed by atoms with E-state index in [-0.39, 0.29) is 24.7 Å². The Morgan fingerprint density at radius 3 is 2.29 bits per heavy atom. The van der Waals surface area contributed by atoms with Gasteiger partial charge in [0.1, 0.15) is 11.5 Å². The minimum absolute atomic E-state index is 0.100. The maximum absolute atomic E-state index is 11.4. The molecule has 0 amide bonds. The van der Waals surface area contributed by atoms with E-state index in [0.717, 1.165) is 0 Å². The molecule has 0 spiro atoms. The SMILES string of the molecule is CSN(CCOCCOCCOC(C(=O)O)c1ccccc1)c1cc(O)c(C)cc1O. The Kier molecular flexibility index (Phi) is 10.5. The van der Waals surface area contributed by atoms with Gasteiger partial charge < -0.3 is 33.8 Å². The number of nitrogens with zero attached hydrogens (tertiary/aromatic N) is 1. The van der Waals surface area contributed by atoms with Crippen molar-refractivity contribution in [2.45, 2.75) is 13.0 Å². The van der Waals surface area contributed by atoms with Gasteiger partial charge in [0.25, 0.3) is 0 Å². The number of carbonyl (C=O) groups is 1. The van der Waals surface area contributed by atoms with E-state index in [9.17, 15) is 20.1 Å². The number of hydrogen-bond acceptors (Lipinski definition) is 8. The van der Waals surface area contributed by atoms with Crippen LogP contribution in [0.25, 0.3) is 0 Å². The molecular formula is C22H29NO7S. The second-order valence-electron chi connectivity index (χ2n) is 6.64. The van der Waals surface area contributed by atoms with Crippen LogP contribution in [0.2, 0.25) is 0 Å². The van der Waals surface area contributed by atoms with Crippen molar-refractivity contribution in [2.24, 2.45) is 0 Å². The highest BCUT2D eigenvalue weighted by atomic mass is 32.2. The van der Waals surface area contributed by atoms with Crippen LogP contribution >= 0.6 is 11.9 Å². The highest BCUT2D eigenvalue weighted by molar-refractivity contribution is 7.99. The fraction of sp³-hybridized carbons (Fsp3) is 0.409. The molecule has 0 aliphatic carbocycles. The first-order valence-corrected chi connectivity index (χ1v) is 11.0. The Morgan fingerprint density at radius 1 is 1.00 bits per heavy atom. The summed E-state index contributed by atoms with van der Waals surface area (Å²) in [6.45, 7) is 3.77. The largest absolute Gasteiger partial charge is 0.508 e. The van der Waals surface area contributed by atoms with E-state index < -0.39 is 12.1 Å². The monoisotopic (exact) mass is 451 g/mol. The average Bonchev–Trinajstić information content (AvgIpc) is 2.75. The first kappa shape index (κ1) is 24.8. The summed E-state index contributed by atoms with van der Waals surface area (Å²) in [5.41, 5.74) is 1.72. The van der Waals surface area contributed by atoms with Crippen LogP contribution in [-0.2, 0) is 19.0 Å². The van der Waals surface area contributed by atoms with Crippen LogP contribution in [0.15, 0.2) is 42.5 Å². The van der Waals surface area contributed by atoms with Crippen molar-refractivity contribution in [1.29, 1.82) is 0 Å². The van der Waals surface area contributed by atoms with E-state index >= 15 is 0 Å². The van der Waals surface area contributed by atoms with Crippen molar-refractivity contribution in [3.63, 3.8) is 0 Å². The van der Waals surface area contributed by atoms with Crippen LogP contribution in [0.5, 0.6) is 11.5 Å². The fourth-order valence-electron chi connectivity index (χ4n) is 2.81. The number of phenols is 2. The van der Waals surface area contributed by atoms with E-state index in [2.05, 4.69) is 0 Å². The molecule has 2 rings (SSSR count). The molecule has 0 aliphatic rings. The molecule has 2 aromatic carbocycles. The third-order valence-corrected chi connectivity index (χ3v) is 5.25. The zero-order valence-electron chi connectivity index (χ0n) is 17.7. The zero-order valence-corrected chi connectivity index (χ0v) is 18.5. The lowest BCUT2D eigenvalue weighted by Gasteiger charge is -2.23. The molecule has 1 atom stereocenters. The van der Waals surface area contributed by atoms with Crippen LogP contribution in [0.4, 0.5) is 5.69 Å². The minimum atomic E-state index is -1.04. The summed E-state index contributed by atoms with van der Waals surface area (Å²) in [6, 6.07) is 11.8. The topological polar surface area (TPSA) is 109 Å². The lowest BCUT2D eigenvalue weighted by atomic mass is 10.1. The quantitative estimate of drug-likeness (QED) is 0.226. The standard InChI is InChI=1S/C22H29NO7S/c1-16-14-20(25)18(15-19(16)24)23(31-2)8-9-28-10-11-29-12-13-30-21(22(26)27)17-6-4-3-5-7-17/h3-7,14-15,21,24-25H,8-13H2,1-2H3,(H,26,27). The third-order valence-electron chi connectivity index (χ3n) is 4.43. The lowest BCUT2D eigenvalue weighted by molar-refractivity contribution is -0.152. The number of hydrogen-bond donors (Lipinski definition) is 3. The van der Waals surface area contributed by atoms with Gasteiger partial charge in [-0.3, -0.25) is 0 Å². The third kappa shape index (κ3) is 7.95. The Morgan fingerprint density at radius 2 is 1.65 bits per heavy atom. The number of aryl methyl sites for hydroxylation is 1. The molecule has 9 heteroatoms. The number of ether oxygens (including phenoxy) is 3. The van der Waals surface area contributed by atoms with Gasteiger partial charge in [-0.05, 0) is 24.1 Å². The fourth-order valence-corrected chi connectivity index (χ4v) is 3.41. The molecule has 0 aromatic heterocycles. The molecule has 8 nitrogen and oxygen atoms in total. The van der Waals surface area contributed by atoms with Crippen LogP contribution in [0.3, 0.4) is 0 Å². The van der Waals surface area contributed by atoms with Crippen molar-refractivity contribution >= 4 is 23.6 Å². The van der Waals surface area contributed by atoms with Crippen molar-refractivity contribution in [3.8, 4) is 11.5 Å². The first-order chi connectivity index (χ1) is 14.9. The van der Waals surface area contributed by atoms with E-state index in [1.165, 1.54) is 24.1 Å². The van der Waals surface area contributed by atoms with Crippen LogP contribution in [0.1, 0.15) is 17.2 Å². The predicted molar refractivity (Wildman–Crippen MR) is 120 cm³/mol. The van der Waals surface area contributed by atoms with Gasteiger partial charge in [-0.2, -0.15) is 0 Å². The summed E-state index contributed by atoms with van der Waals surface area (Å²) in [5, 5.41) is 29.3.